The number of para-hydroxylation sites is 1. The molecule has 0 unspecified atom stereocenters. The monoisotopic (exact) mass is 657 g/mol. The van der Waals surface area contributed by atoms with Crippen LogP contribution in [0, 0.1) is 11.7 Å². The number of carbonyl (C=O) groups is 2. The summed E-state index contributed by atoms with van der Waals surface area (Å²) < 4.78 is 50.3. The minimum Gasteiger partial charge on any atom is -0.455 e. The van der Waals surface area contributed by atoms with Crippen molar-refractivity contribution in [3.63, 3.8) is 0 Å². The molecule has 0 radical (unpaired) electrons. The van der Waals surface area contributed by atoms with E-state index in [1.165, 1.54) is 44.2 Å². The molecule has 1 saturated carbocycles. The van der Waals surface area contributed by atoms with Crippen LogP contribution in [0.4, 0.5) is 10.1 Å². The molecule has 3 aromatic carbocycles. The van der Waals surface area contributed by atoms with Gasteiger partial charge in [0, 0.05) is 55.0 Å². The van der Waals surface area contributed by atoms with Crippen molar-refractivity contribution in [3.8, 4) is 11.3 Å². The smallest absolute Gasteiger partial charge is 0.275 e. The molecule has 1 aliphatic heterocycles. The van der Waals surface area contributed by atoms with Crippen LogP contribution < -0.4 is 10.0 Å². The van der Waals surface area contributed by atoms with Gasteiger partial charge < -0.3 is 14.6 Å². The van der Waals surface area contributed by atoms with Gasteiger partial charge in [-0.3, -0.25) is 19.0 Å². The number of hydrogen-bond donors (Lipinski definition) is 2. The summed E-state index contributed by atoms with van der Waals surface area (Å²) in [4.78, 5) is 29.1. The number of furan rings is 1. The first kappa shape index (κ1) is 30.9. The van der Waals surface area contributed by atoms with Gasteiger partial charge in [-0.05, 0) is 80.5 Å². The van der Waals surface area contributed by atoms with Crippen LogP contribution in [0.25, 0.3) is 33.2 Å². The molecule has 0 bridgehead atoms. The van der Waals surface area contributed by atoms with Crippen LogP contribution in [-0.2, 0) is 16.6 Å². The number of halogens is 1. The second-order valence-electron chi connectivity index (χ2n) is 12.4. The molecule has 10 nitrogen and oxygen atoms in total. The average Bonchev–Trinajstić information content (AvgIpc) is 3.72. The number of fused-ring (bicyclic) bond motifs is 2. The van der Waals surface area contributed by atoms with E-state index in [1.54, 1.807) is 24.0 Å². The van der Waals surface area contributed by atoms with Gasteiger partial charge in [0.2, 0.25) is 10.0 Å². The highest BCUT2D eigenvalue weighted by Crippen LogP contribution is 2.41. The number of piperidine rings is 1. The summed E-state index contributed by atoms with van der Waals surface area (Å²) >= 11 is 0. The third-order valence-electron chi connectivity index (χ3n) is 9.20. The summed E-state index contributed by atoms with van der Waals surface area (Å²) in [5.41, 5.74) is 3.42. The normalized spacial score (nSPS) is 16.9. The predicted molar refractivity (Wildman–Crippen MR) is 178 cm³/mol. The Morgan fingerprint density at radius 2 is 1.81 bits per heavy atom. The van der Waals surface area contributed by atoms with Crippen LogP contribution in [0.3, 0.4) is 0 Å². The molecule has 7 rings (SSSR count). The van der Waals surface area contributed by atoms with E-state index < -0.39 is 21.7 Å². The van der Waals surface area contributed by atoms with E-state index in [4.69, 9.17) is 9.52 Å². The van der Waals surface area contributed by atoms with E-state index in [-0.39, 0.29) is 28.9 Å². The van der Waals surface area contributed by atoms with E-state index in [2.05, 4.69) is 10.0 Å². The fourth-order valence-electron chi connectivity index (χ4n) is 6.52. The highest BCUT2D eigenvalue weighted by atomic mass is 32.2. The first-order valence-corrected chi connectivity index (χ1v) is 17.6. The lowest BCUT2D eigenvalue weighted by molar-refractivity contribution is 0.0702. The van der Waals surface area contributed by atoms with Gasteiger partial charge in [-0.2, -0.15) is 5.10 Å². The minimum absolute atomic E-state index is 0.140. The summed E-state index contributed by atoms with van der Waals surface area (Å²) in [5, 5.41) is 8.77. The molecule has 0 spiro atoms. The zero-order chi connectivity index (χ0) is 32.9. The van der Waals surface area contributed by atoms with Crippen LogP contribution in [0.1, 0.15) is 64.9 Å². The van der Waals surface area contributed by atoms with Gasteiger partial charge in [0.25, 0.3) is 11.8 Å². The molecule has 2 aromatic heterocycles. The van der Waals surface area contributed by atoms with Crippen molar-refractivity contribution < 1.29 is 26.8 Å². The first-order chi connectivity index (χ1) is 22.7. The lowest BCUT2D eigenvalue weighted by Crippen LogP contribution is -2.39. The lowest BCUT2D eigenvalue weighted by Gasteiger charge is -2.33. The zero-order valence-electron chi connectivity index (χ0n) is 26.3. The van der Waals surface area contributed by atoms with E-state index >= 15 is 0 Å². The third-order valence-corrected chi connectivity index (χ3v) is 10.5. The lowest BCUT2D eigenvalue weighted by atomic mass is 9.88. The number of benzene rings is 3. The van der Waals surface area contributed by atoms with Gasteiger partial charge >= 0.3 is 0 Å². The first-order valence-electron chi connectivity index (χ1n) is 16.0. The number of rotatable bonds is 9. The topological polar surface area (TPSA) is 127 Å². The van der Waals surface area contributed by atoms with Crippen LogP contribution in [0.2, 0.25) is 0 Å². The summed E-state index contributed by atoms with van der Waals surface area (Å²) in [6.07, 6.45) is 3.74. The summed E-state index contributed by atoms with van der Waals surface area (Å²) in [6.45, 7) is 3.22. The summed E-state index contributed by atoms with van der Waals surface area (Å²) in [6, 6.07) is 16.8. The fraction of sp³-hybridized carbons (Fsp3) is 0.343. The molecule has 2 fully saturated rings. The van der Waals surface area contributed by atoms with E-state index in [0.29, 0.717) is 65.3 Å². The Morgan fingerprint density at radius 3 is 2.53 bits per heavy atom. The van der Waals surface area contributed by atoms with Gasteiger partial charge in [0.05, 0.1) is 22.5 Å². The Kier molecular flexibility index (Phi) is 7.99. The van der Waals surface area contributed by atoms with E-state index in [0.717, 1.165) is 17.4 Å². The second kappa shape index (κ2) is 12.1. The van der Waals surface area contributed by atoms with Crippen molar-refractivity contribution in [2.75, 3.05) is 30.6 Å². The minimum atomic E-state index is -3.69. The van der Waals surface area contributed by atoms with Gasteiger partial charge in [-0.1, -0.05) is 18.2 Å². The fourth-order valence-corrected chi connectivity index (χ4v) is 7.17. The van der Waals surface area contributed by atoms with Crippen molar-refractivity contribution in [2.45, 2.75) is 45.1 Å². The van der Waals surface area contributed by atoms with Crippen LogP contribution in [0.15, 0.2) is 65.1 Å². The van der Waals surface area contributed by atoms with Crippen molar-refractivity contribution >= 4 is 49.4 Å². The number of amides is 2. The summed E-state index contributed by atoms with van der Waals surface area (Å²) in [7, 11) is -2.17. The largest absolute Gasteiger partial charge is 0.455 e. The molecule has 2 aliphatic rings. The van der Waals surface area contributed by atoms with Crippen molar-refractivity contribution in [1.82, 2.24) is 20.0 Å². The maximum atomic E-state index is 14.1. The number of nitrogens with one attached hydrogen (secondary N) is 2. The molecule has 3 heterocycles. The molecule has 12 heteroatoms. The highest BCUT2D eigenvalue weighted by molar-refractivity contribution is 7.92. The maximum Gasteiger partial charge on any atom is 0.275 e. The van der Waals surface area contributed by atoms with Crippen LogP contribution in [0.5, 0.6) is 0 Å². The number of hydrogen-bond acceptors (Lipinski definition) is 6. The number of likely N-dealkylation sites (tertiary alicyclic amines) is 1. The van der Waals surface area contributed by atoms with Gasteiger partial charge in [-0.15, -0.1) is 0 Å². The Morgan fingerprint density at radius 1 is 1.04 bits per heavy atom. The van der Waals surface area contributed by atoms with E-state index in [1.807, 2.05) is 28.9 Å². The Labute approximate surface area is 272 Å². The Hall–Kier alpha value is -4.71. The number of nitrogens with zero attached hydrogens (tertiary/aromatic N) is 3. The summed E-state index contributed by atoms with van der Waals surface area (Å²) in [5.74, 6) is -0.534. The SMILES string of the molecule is CCS(=O)(=O)Nc1cc2oc(-c3ccc(F)cc3)c(C(=O)NC)c2cc1[C@H]1CCCN(C(=O)c2nn(CC3CC3)c3ccccc23)C1. The molecule has 47 heavy (non-hydrogen) atoms. The molecular formula is C35H36FN5O5S. The molecule has 1 saturated heterocycles. The Balaban J connectivity index is 1.30. The highest BCUT2D eigenvalue weighted by Gasteiger charge is 2.32. The Bertz CT molecular complexity index is 2120. The zero-order valence-corrected chi connectivity index (χ0v) is 27.1. The predicted octanol–water partition coefficient (Wildman–Crippen LogP) is 6.14. The molecule has 2 amide bonds. The molecule has 1 aliphatic carbocycles. The van der Waals surface area contributed by atoms with Gasteiger partial charge in [-0.25, -0.2) is 12.8 Å². The maximum absolute atomic E-state index is 14.1. The second-order valence-corrected chi connectivity index (χ2v) is 14.4. The van der Waals surface area contributed by atoms with Crippen LogP contribution >= 0.6 is 0 Å². The van der Waals surface area contributed by atoms with E-state index in [9.17, 15) is 22.4 Å². The quantitative estimate of drug-likeness (QED) is 0.196. The van der Waals surface area contributed by atoms with Crippen molar-refractivity contribution in [3.05, 3.63) is 83.3 Å². The molecular weight excluding hydrogens is 621 g/mol. The number of aromatic nitrogens is 2. The average molecular weight is 658 g/mol. The molecule has 1 atom stereocenters. The van der Waals surface area contributed by atoms with Crippen molar-refractivity contribution in [1.29, 1.82) is 0 Å². The number of anilines is 1. The van der Waals surface area contributed by atoms with Crippen LogP contribution in [-0.4, -0.2) is 60.8 Å². The third kappa shape index (κ3) is 5.97. The molecule has 244 valence electrons. The number of carbonyl (C=O) groups excluding carboxylic acids is 2. The van der Waals surface area contributed by atoms with Gasteiger partial charge in [0.15, 0.2) is 5.69 Å². The van der Waals surface area contributed by atoms with Gasteiger partial charge in [0.1, 0.15) is 17.2 Å². The standard InChI is InChI=1S/C35H36FN5O5S/c1-3-47(44,45)39-28-18-30-27(31(34(42)37-2)33(46-30)22-12-14-24(36)15-13-22)17-26(28)23-7-6-16-40(20-23)35(43)32-25-8-4-5-9-29(25)41(38-32)19-21-10-11-21/h4-5,8-9,12-15,17-18,21,23,39H,3,6-7,10-11,16,19-20H2,1-2H3,(H,37,42)/t23-/m0/s1. The number of sulfonamides is 1. The van der Waals surface area contributed by atoms with Crippen molar-refractivity contribution in [2.24, 2.45) is 5.92 Å². The molecule has 5 aromatic rings. The molecule has 2 N–H and O–H groups in total.